The van der Waals surface area contributed by atoms with Gasteiger partial charge < -0.3 is 5.32 Å². The molecule has 0 aliphatic carbocycles. The molecule has 1 N–H and O–H groups in total. The molecule has 0 amide bonds. The molecular formula is C6H11NS. The van der Waals surface area contributed by atoms with Crippen LogP contribution >= 0.6 is 11.8 Å². The number of hydrogen-bond donors (Lipinski definition) is 1. The molecule has 0 aromatic heterocycles. The summed E-state index contributed by atoms with van der Waals surface area (Å²) in [6.07, 6.45) is 3.38. The Bertz CT molecular complexity index is 90.7. The zero-order valence-corrected chi connectivity index (χ0v) is 5.92. The SMILES string of the molecule is CCC=C1NCCS1. The molecule has 1 aliphatic rings. The van der Waals surface area contributed by atoms with E-state index in [2.05, 4.69) is 18.3 Å². The van der Waals surface area contributed by atoms with Crippen molar-refractivity contribution in [3.63, 3.8) is 0 Å². The van der Waals surface area contributed by atoms with Crippen LogP contribution in [0.15, 0.2) is 11.1 Å². The fraction of sp³-hybridized carbons (Fsp3) is 0.667. The molecule has 2 heteroatoms. The van der Waals surface area contributed by atoms with Crippen molar-refractivity contribution in [3.8, 4) is 0 Å². The van der Waals surface area contributed by atoms with Crippen molar-refractivity contribution in [3.05, 3.63) is 11.1 Å². The van der Waals surface area contributed by atoms with Crippen molar-refractivity contribution >= 4 is 11.8 Å². The van der Waals surface area contributed by atoms with Gasteiger partial charge >= 0.3 is 0 Å². The lowest BCUT2D eigenvalue weighted by molar-refractivity contribution is 0.938. The topological polar surface area (TPSA) is 12.0 Å². The van der Waals surface area contributed by atoms with Gasteiger partial charge in [0.05, 0.1) is 5.03 Å². The van der Waals surface area contributed by atoms with Gasteiger partial charge in [-0.1, -0.05) is 13.0 Å². The zero-order chi connectivity index (χ0) is 5.82. The minimum absolute atomic E-state index is 1.15. The van der Waals surface area contributed by atoms with Gasteiger partial charge in [-0.2, -0.15) is 0 Å². The van der Waals surface area contributed by atoms with Crippen LogP contribution in [0.5, 0.6) is 0 Å². The lowest BCUT2D eigenvalue weighted by atomic mass is 10.5. The minimum atomic E-state index is 1.15. The van der Waals surface area contributed by atoms with Crippen molar-refractivity contribution in [2.24, 2.45) is 0 Å². The van der Waals surface area contributed by atoms with Crippen LogP contribution in [0.3, 0.4) is 0 Å². The van der Waals surface area contributed by atoms with E-state index in [1.807, 2.05) is 11.8 Å². The Morgan fingerprint density at radius 2 is 2.75 bits per heavy atom. The summed E-state index contributed by atoms with van der Waals surface area (Å²) in [5.74, 6) is 1.24. The Kier molecular flexibility index (Phi) is 2.27. The van der Waals surface area contributed by atoms with Gasteiger partial charge in [0, 0.05) is 12.3 Å². The molecule has 1 heterocycles. The first-order valence-electron chi connectivity index (χ1n) is 3.00. The predicted octanol–water partition coefficient (Wildman–Crippen LogP) is 1.57. The molecule has 8 heavy (non-hydrogen) atoms. The molecule has 1 aliphatic heterocycles. The Labute approximate surface area is 54.5 Å². The van der Waals surface area contributed by atoms with Crippen LogP contribution in [0.1, 0.15) is 13.3 Å². The van der Waals surface area contributed by atoms with Gasteiger partial charge in [0.15, 0.2) is 0 Å². The molecule has 1 fully saturated rings. The molecule has 0 unspecified atom stereocenters. The molecule has 1 rings (SSSR count). The van der Waals surface area contributed by atoms with Gasteiger partial charge in [0.2, 0.25) is 0 Å². The molecule has 0 aromatic carbocycles. The largest absolute Gasteiger partial charge is 0.379 e. The highest BCUT2D eigenvalue weighted by Crippen LogP contribution is 2.17. The van der Waals surface area contributed by atoms with E-state index < -0.39 is 0 Å². The zero-order valence-electron chi connectivity index (χ0n) is 5.11. The normalized spacial score (nSPS) is 23.9. The fourth-order valence-electron chi connectivity index (χ4n) is 0.703. The van der Waals surface area contributed by atoms with Crippen LogP contribution in [0, 0.1) is 0 Å². The maximum Gasteiger partial charge on any atom is 0.0641 e. The van der Waals surface area contributed by atoms with Crippen molar-refractivity contribution in [2.45, 2.75) is 13.3 Å². The van der Waals surface area contributed by atoms with Crippen molar-refractivity contribution in [1.29, 1.82) is 0 Å². The molecule has 0 spiro atoms. The molecule has 0 bridgehead atoms. The van der Waals surface area contributed by atoms with E-state index in [1.165, 1.54) is 10.8 Å². The third-order valence-electron chi connectivity index (χ3n) is 1.05. The van der Waals surface area contributed by atoms with Crippen LogP contribution in [0.2, 0.25) is 0 Å². The van der Waals surface area contributed by atoms with Crippen LogP contribution in [0.4, 0.5) is 0 Å². The van der Waals surface area contributed by atoms with E-state index >= 15 is 0 Å². The highest BCUT2D eigenvalue weighted by molar-refractivity contribution is 8.03. The van der Waals surface area contributed by atoms with Crippen molar-refractivity contribution in [2.75, 3.05) is 12.3 Å². The van der Waals surface area contributed by atoms with Gasteiger partial charge in [-0.05, 0) is 6.42 Å². The first-order valence-corrected chi connectivity index (χ1v) is 3.99. The van der Waals surface area contributed by atoms with E-state index in [4.69, 9.17) is 0 Å². The summed E-state index contributed by atoms with van der Waals surface area (Å²) < 4.78 is 0. The van der Waals surface area contributed by atoms with Crippen LogP contribution in [0.25, 0.3) is 0 Å². The third kappa shape index (κ3) is 1.44. The average Bonchev–Trinajstić information content (AvgIpc) is 2.19. The van der Waals surface area contributed by atoms with Gasteiger partial charge in [0.25, 0.3) is 0 Å². The Hall–Kier alpha value is -0.110. The van der Waals surface area contributed by atoms with Gasteiger partial charge in [-0.15, -0.1) is 11.8 Å². The quantitative estimate of drug-likeness (QED) is 0.577. The molecule has 0 atom stereocenters. The average molecular weight is 129 g/mol. The van der Waals surface area contributed by atoms with Gasteiger partial charge in [0.1, 0.15) is 0 Å². The summed E-state index contributed by atoms with van der Waals surface area (Å²) in [6, 6.07) is 0. The highest BCUT2D eigenvalue weighted by Gasteiger charge is 2.02. The number of hydrogen-bond acceptors (Lipinski definition) is 2. The van der Waals surface area contributed by atoms with Crippen molar-refractivity contribution < 1.29 is 0 Å². The lowest BCUT2D eigenvalue weighted by Gasteiger charge is -1.92. The maximum atomic E-state index is 3.28. The van der Waals surface area contributed by atoms with E-state index in [0.29, 0.717) is 0 Å². The number of nitrogens with one attached hydrogen (secondary N) is 1. The van der Waals surface area contributed by atoms with E-state index in [1.54, 1.807) is 0 Å². The smallest absolute Gasteiger partial charge is 0.0641 e. The summed E-state index contributed by atoms with van der Waals surface area (Å²) in [4.78, 5) is 0. The second-order valence-corrected chi connectivity index (χ2v) is 2.89. The summed E-state index contributed by atoms with van der Waals surface area (Å²) in [5.41, 5.74) is 0. The first kappa shape index (κ1) is 6.02. The second-order valence-electron chi connectivity index (χ2n) is 1.75. The molecular weight excluding hydrogens is 118 g/mol. The molecule has 0 saturated carbocycles. The maximum absolute atomic E-state index is 3.28. The van der Waals surface area contributed by atoms with Crippen LogP contribution in [-0.4, -0.2) is 12.3 Å². The van der Waals surface area contributed by atoms with Gasteiger partial charge in [-0.25, -0.2) is 0 Å². The Morgan fingerprint density at radius 3 is 3.25 bits per heavy atom. The molecule has 46 valence electrons. The summed E-state index contributed by atoms with van der Waals surface area (Å²) in [7, 11) is 0. The predicted molar refractivity (Wildman–Crippen MR) is 38.8 cm³/mol. The van der Waals surface area contributed by atoms with E-state index in [0.717, 1.165) is 13.0 Å². The van der Waals surface area contributed by atoms with E-state index in [9.17, 15) is 0 Å². The molecule has 0 radical (unpaired) electrons. The monoisotopic (exact) mass is 129 g/mol. The highest BCUT2D eigenvalue weighted by atomic mass is 32.2. The first-order chi connectivity index (χ1) is 3.93. The third-order valence-corrected chi connectivity index (χ3v) is 2.08. The number of thioether (sulfide) groups is 1. The summed E-state index contributed by atoms with van der Waals surface area (Å²) in [6.45, 7) is 3.31. The second kappa shape index (κ2) is 3.02. The standard InChI is InChI=1S/C6H11NS/c1-2-3-6-7-4-5-8-6/h3,7H,2,4-5H2,1H3. The Balaban J connectivity index is 2.33. The molecule has 1 saturated heterocycles. The minimum Gasteiger partial charge on any atom is -0.379 e. The molecule has 1 nitrogen and oxygen atoms in total. The number of rotatable bonds is 1. The number of allylic oxidation sites excluding steroid dienone is 1. The van der Waals surface area contributed by atoms with E-state index in [-0.39, 0.29) is 0 Å². The summed E-state index contributed by atoms with van der Waals surface area (Å²) in [5, 5.41) is 4.65. The molecule has 0 aromatic rings. The Morgan fingerprint density at radius 1 is 1.88 bits per heavy atom. The van der Waals surface area contributed by atoms with Gasteiger partial charge in [-0.3, -0.25) is 0 Å². The lowest BCUT2D eigenvalue weighted by Crippen LogP contribution is -2.03. The van der Waals surface area contributed by atoms with Crippen molar-refractivity contribution in [1.82, 2.24) is 5.32 Å². The summed E-state index contributed by atoms with van der Waals surface area (Å²) >= 11 is 1.92. The van der Waals surface area contributed by atoms with Crippen LogP contribution < -0.4 is 5.32 Å². The van der Waals surface area contributed by atoms with Crippen LogP contribution in [-0.2, 0) is 0 Å². The fourth-order valence-corrected chi connectivity index (χ4v) is 1.62.